The maximum atomic E-state index is 12.8. The summed E-state index contributed by atoms with van der Waals surface area (Å²) >= 11 is 6.17. The van der Waals surface area contributed by atoms with E-state index >= 15 is 0 Å². The Morgan fingerprint density at radius 2 is 2.09 bits per heavy atom. The second kappa shape index (κ2) is 6.52. The molecule has 0 saturated carbocycles. The molecule has 0 unspecified atom stereocenters. The minimum atomic E-state index is -0.233. The van der Waals surface area contributed by atoms with Gasteiger partial charge in [0.05, 0.1) is 5.92 Å². The largest absolute Gasteiger partial charge is 0.340 e. The van der Waals surface area contributed by atoms with E-state index < -0.39 is 0 Å². The summed E-state index contributed by atoms with van der Waals surface area (Å²) in [6, 6.07) is 5.90. The first-order chi connectivity index (χ1) is 11.0. The van der Waals surface area contributed by atoms with Crippen LogP contribution >= 0.6 is 11.6 Å². The molecule has 3 rings (SSSR count). The van der Waals surface area contributed by atoms with E-state index in [0.29, 0.717) is 18.0 Å². The Kier molecular flexibility index (Phi) is 4.62. The summed E-state index contributed by atoms with van der Waals surface area (Å²) < 4.78 is 0. The zero-order valence-electron chi connectivity index (χ0n) is 13.7. The molecular weight excluding hydrogens is 312 g/mol. The molecule has 124 valence electrons. The molecule has 2 aliphatic rings. The number of hydrogen-bond donors (Lipinski definition) is 0. The lowest BCUT2D eigenvalue weighted by molar-refractivity contribution is -0.139. The van der Waals surface area contributed by atoms with Crippen molar-refractivity contribution in [3.63, 3.8) is 0 Å². The summed E-state index contributed by atoms with van der Waals surface area (Å²) in [6.45, 7) is 5.31. The van der Waals surface area contributed by atoms with Gasteiger partial charge in [-0.3, -0.25) is 9.59 Å². The van der Waals surface area contributed by atoms with Crippen molar-refractivity contribution < 1.29 is 9.59 Å². The third-order valence-electron chi connectivity index (χ3n) is 5.03. The predicted octanol–water partition coefficient (Wildman–Crippen LogP) is 3.40. The average molecular weight is 335 g/mol. The molecule has 0 aromatic heterocycles. The Hall–Kier alpha value is -1.55. The number of nitrogens with zero attached hydrogens (tertiary/aromatic N) is 2. The Balaban J connectivity index is 1.74. The van der Waals surface area contributed by atoms with E-state index in [1.165, 1.54) is 6.42 Å². The molecule has 5 heteroatoms. The molecule has 0 spiro atoms. The summed E-state index contributed by atoms with van der Waals surface area (Å²) in [5.41, 5.74) is 1.77. The van der Waals surface area contributed by atoms with E-state index in [2.05, 4.69) is 6.92 Å². The van der Waals surface area contributed by atoms with Crippen LogP contribution in [-0.2, 0) is 9.59 Å². The first-order valence-electron chi connectivity index (χ1n) is 8.34. The van der Waals surface area contributed by atoms with E-state index in [1.807, 2.05) is 30.0 Å². The predicted molar refractivity (Wildman–Crippen MR) is 91.7 cm³/mol. The van der Waals surface area contributed by atoms with E-state index in [1.54, 1.807) is 4.90 Å². The fourth-order valence-corrected chi connectivity index (χ4v) is 3.71. The highest BCUT2D eigenvalue weighted by Crippen LogP contribution is 2.30. The summed E-state index contributed by atoms with van der Waals surface area (Å²) in [7, 11) is 0. The number of aryl methyl sites for hydroxylation is 1. The molecule has 0 bridgehead atoms. The van der Waals surface area contributed by atoms with Crippen molar-refractivity contribution in [2.75, 3.05) is 18.0 Å². The normalized spacial score (nSPS) is 25.1. The summed E-state index contributed by atoms with van der Waals surface area (Å²) in [4.78, 5) is 28.8. The van der Waals surface area contributed by atoms with E-state index in [9.17, 15) is 9.59 Å². The summed E-state index contributed by atoms with van der Waals surface area (Å²) in [6.07, 6.45) is 3.60. The molecule has 0 radical (unpaired) electrons. The fourth-order valence-electron chi connectivity index (χ4n) is 3.53. The molecule has 4 nitrogen and oxygen atoms in total. The Morgan fingerprint density at radius 1 is 1.30 bits per heavy atom. The molecular formula is C18H23ClN2O2. The van der Waals surface area contributed by atoms with Crippen LogP contribution in [0.5, 0.6) is 0 Å². The molecule has 2 saturated heterocycles. The average Bonchev–Trinajstić information content (AvgIpc) is 2.92. The number of rotatable bonds is 2. The number of piperidine rings is 1. The van der Waals surface area contributed by atoms with Gasteiger partial charge in [0.2, 0.25) is 11.8 Å². The van der Waals surface area contributed by atoms with Gasteiger partial charge in [0.15, 0.2) is 0 Å². The highest BCUT2D eigenvalue weighted by molar-refractivity contribution is 6.31. The molecule has 2 amide bonds. The van der Waals surface area contributed by atoms with E-state index in [0.717, 1.165) is 30.6 Å². The second-order valence-corrected chi connectivity index (χ2v) is 7.12. The van der Waals surface area contributed by atoms with Crippen molar-refractivity contribution in [3.8, 4) is 0 Å². The monoisotopic (exact) mass is 334 g/mol. The number of hydrogen-bond acceptors (Lipinski definition) is 2. The van der Waals surface area contributed by atoms with Gasteiger partial charge in [0, 0.05) is 36.3 Å². The van der Waals surface area contributed by atoms with Crippen LogP contribution in [0, 0.1) is 12.8 Å². The molecule has 2 atom stereocenters. The zero-order chi connectivity index (χ0) is 16.6. The number of anilines is 1. The molecule has 1 aromatic carbocycles. The van der Waals surface area contributed by atoms with Crippen LogP contribution in [0.2, 0.25) is 5.02 Å². The van der Waals surface area contributed by atoms with Gasteiger partial charge in [-0.1, -0.05) is 17.7 Å². The lowest BCUT2D eigenvalue weighted by Crippen LogP contribution is -2.45. The molecule has 1 aromatic rings. The standard InChI is InChI=1S/C18H23ClN2O2/c1-12-6-7-15(10-16(12)19)21-11-14(9-17(21)22)18(23)20-8-4-3-5-13(20)2/h6-7,10,13-14H,3-5,8-9,11H2,1-2H3/t13-,14-/m1/s1. The molecule has 0 N–H and O–H groups in total. The van der Waals surface area contributed by atoms with Gasteiger partial charge in [-0.15, -0.1) is 0 Å². The van der Waals surface area contributed by atoms with Crippen LogP contribution in [-0.4, -0.2) is 35.8 Å². The quantitative estimate of drug-likeness (QED) is 0.831. The van der Waals surface area contributed by atoms with Crippen LogP contribution in [0.1, 0.15) is 38.2 Å². The van der Waals surface area contributed by atoms with Crippen molar-refractivity contribution in [3.05, 3.63) is 28.8 Å². The van der Waals surface area contributed by atoms with Gasteiger partial charge in [-0.2, -0.15) is 0 Å². The van der Waals surface area contributed by atoms with Gasteiger partial charge in [0.1, 0.15) is 0 Å². The first-order valence-corrected chi connectivity index (χ1v) is 8.72. The van der Waals surface area contributed by atoms with Gasteiger partial charge in [0.25, 0.3) is 0 Å². The maximum absolute atomic E-state index is 12.8. The second-order valence-electron chi connectivity index (χ2n) is 6.72. The SMILES string of the molecule is Cc1ccc(N2C[C@H](C(=O)N3CCCC[C@H]3C)CC2=O)cc1Cl. The fraction of sp³-hybridized carbons (Fsp3) is 0.556. The number of amides is 2. The van der Waals surface area contributed by atoms with Crippen LogP contribution in [0.3, 0.4) is 0 Å². The van der Waals surface area contributed by atoms with Crippen LogP contribution < -0.4 is 4.90 Å². The third kappa shape index (κ3) is 3.23. The Labute approximate surface area is 142 Å². The number of halogens is 1. The summed E-state index contributed by atoms with van der Waals surface area (Å²) in [5, 5.41) is 0.648. The van der Waals surface area contributed by atoms with Crippen LogP contribution in [0.4, 0.5) is 5.69 Å². The smallest absolute Gasteiger partial charge is 0.228 e. The van der Waals surface area contributed by atoms with Gasteiger partial charge >= 0.3 is 0 Å². The maximum Gasteiger partial charge on any atom is 0.228 e. The number of carbonyl (C=O) groups is 2. The highest BCUT2D eigenvalue weighted by Gasteiger charge is 2.38. The van der Waals surface area contributed by atoms with Crippen LogP contribution in [0.25, 0.3) is 0 Å². The molecule has 2 aliphatic heterocycles. The van der Waals surface area contributed by atoms with E-state index in [4.69, 9.17) is 11.6 Å². The highest BCUT2D eigenvalue weighted by atomic mass is 35.5. The summed E-state index contributed by atoms with van der Waals surface area (Å²) in [5.74, 6) is -0.0951. The minimum Gasteiger partial charge on any atom is -0.340 e. The molecule has 2 fully saturated rings. The minimum absolute atomic E-state index is 0.00734. The van der Waals surface area contributed by atoms with Crippen molar-refractivity contribution >= 4 is 29.1 Å². The van der Waals surface area contributed by atoms with Crippen molar-refractivity contribution in [2.24, 2.45) is 5.92 Å². The third-order valence-corrected chi connectivity index (χ3v) is 5.43. The van der Waals surface area contributed by atoms with Crippen molar-refractivity contribution in [1.29, 1.82) is 0 Å². The molecule has 0 aliphatic carbocycles. The lowest BCUT2D eigenvalue weighted by Gasteiger charge is -2.35. The van der Waals surface area contributed by atoms with Gasteiger partial charge in [-0.25, -0.2) is 0 Å². The van der Waals surface area contributed by atoms with Crippen molar-refractivity contribution in [1.82, 2.24) is 4.90 Å². The molecule has 23 heavy (non-hydrogen) atoms. The number of benzene rings is 1. The number of carbonyl (C=O) groups excluding carboxylic acids is 2. The lowest BCUT2D eigenvalue weighted by atomic mass is 9.99. The van der Waals surface area contributed by atoms with Gasteiger partial charge in [-0.05, 0) is 50.8 Å². The van der Waals surface area contributed by atoms with Crippen LogP contribution in [0.15, 0.2) is 18.2 Å². The Bertz CT molecular complexity index is 631. The first kappa shape index (κ1) is 16.3. The van der Waals surface area contributed by atoms with E-state index in [-0.39, 0.29) is 23.8 Å². The molecule has 2 heterocycles. The topological polar surface area (TPSA) is 40.6 Å². The zero-order valence-corrected chi connectivity index (χ0v) is 14.5. The van der Waals surface area contributed by atoms with Crippen molar-refractivity contribution in [2.45, 2.75) is 45.6 Å². The number of likely N-dealkylation sites (tertiary alicyclic amines) is 1. The van der Waals surface area contributed by atoms with Gasteiger partial charge < -0.3 is 9.80 Å². The Morgan fingerprint density at radius 3 is 2.78 bits per heavy atom.